The van der Waals surface area contributed by atoms with E-state index in [0.29, 0.717) is 49.6 Å². The van der Waals surface area contributed by atoms with Crippen LogP contribution in [0, 0.1) is 35.5 Å². The fourth-order valence-electron chi connectivity index (χ4n) is 10.3. The van der Waals surface area contributed by atoms with Crippen molar-refractivity contribution in [2.24, 2.45) is 52.7 Å². The predicted octanol–water partition coefficient (Wildman–Crippen LogP) is 6.55. The van der Waals surface area contributed by atoms with E-state index in [-0.39, 0.29) is 102 Å². The quantitative estimate of drug-likeness (QED) is 0.0350. The number of ketones is 1. The fraction of sp³-hybridized carbons (Fsp3) is 0.600. The van der Waals surface area contributed by atoms with Gasteiger partial charge in [0.2, 0.25) is 48.1 Å². The summed E-state index contributed by atoms with van der Waals surface area (Å²) in [7, 11) is 0. The molecule has 7 amide bonds. The first-order valence-corrected chi connectivity index (χ1v) is 32.1. The Kier molecular flexibility index (Phi) is 33.3. The molecule has 0 radical (unpaired) electrons. The number of hydrogen-bond acceptors (Lipinski definition) is 14. The van der Waals surface area contributed by atoms with Crippen LogP contribution in [0.25, 0.3) is 0 Å². The SMILES string of the molecule is CC/C(=C\[C@H](C)C(=O)N(C/C(C)=C/[C@@H](C)C(=O)N(C/C(C)=C/[C@@H](C)C(=O)N(CC(=O)NCCCC(=O)N(CCN)CC(=O)N(CCN)CC(=O)CC(CSC)C(N)=O)Cc1ccc(C(F)(F)F)cc1)CC(C)C)CC(C)C)CNCc1ccc2c(c1)OCO2. The maximum atomic E-state index is 14.4. The summed E-state index contributed by atoms with van der Waals surface area (Å²) >= 11 is 1.36. The molecule has 1 aliphatic heterocycles. The number of halogens is 3. The molecule has 1 heterocycles. The molecule has 3 rings (SSSR count). The third kappa shape index (κ3) is 27.5. The molecule has 4 atom stereocenters. The first kappa shape index (κ1) is 76.5. The summed E-state index contributed by atoms with van der Waals surface area (Å²) in [6.07, 6.45) is 3.43. The van der Waals surface area contributed by atoms with E-state index in [0.717, 1.165) is 46.8 Å². The summed E-state index contributed by atoms with van der Waals surface area (Å²) in [6.45, 7) is 20.8. The Morgan fingerprint density at radius 1 is 0.674 bits per heavy atom. The topological polar surface area (TPSA) is 273 Å². The maximum absolute atomic E-state index is 14.4. The number of nitrogens with one attached hydrogen (secondary N) is 2. The number of amides is 7. The number of fused-ring (bicyclic) bond motifs is 1. The summed E-state index contributed by atoms with van der Waals surface area (Å²) in [5.74, 6) is -3.75. The third-order valence-corrected chi connectivity index (χ3v) is 15.3. The molecule has 89 heavy (non-hydrogen) atoms. The molecule has 1 aliphatic rings. The van der Waals surface area contributed by atoms with E-state index < -0.39 is 83.8 Å². The molecule has 1 unspecified atom stereocenters. The van der Waals surface area contributed by atoms with Gasteiger partial charge in [-0.05, 0) is 80.2 Å². The molecule has 0 fully saturated rings. The van der Waals surface area contributed by atoms with Gasteiger partial charge in [-0.15, -0.1) is 0 Å². The minimum atomic E-state index is -4.60. The van der Waals surface area contributed by atoms with Crippen LogP contribution in [-0.2, 0) is 57.6 Å². The second kappa shape index (κ2) is 38.7. The number of hydrogen-bond donors (Lipinski definition) is 5. The van der Waals surface area contributed by atoms with Crippen LogP contribution in [0.5, 0.6) is 11.5 Å². The molecule has 0 saturated carbocycles. The van der Waals surface area contributed by atoms with Crippen molar-refractivity contribution >= 4 is 58.9 Å². The van der Waals surface area contributed by atoms with Crippen LogP contribution in [0.15, 0.2) is 77.4 Å². The number of nitrogens with two attached hydrogens (primary N) is 3. The van der Waals surface area contributed by atoms with Gasteiger partial charge in [0.05, 0.1) is 48.9 Å². The largest absolute Gasteiger partial charge is 0.454 e. The number of Topliss-reactive ketones (excluding diaryl/α,β-unsaturated/α-hetero) is 1. The number of carbonyl (C=O) groups is 8. The normalized spacial score (nSPS) is 14.0. The molecule has 24 heteroatoms. The molecule has 0 bridgehead atoms. The zero-order valence-electron chi connectivity index (χ0n) is 54.2. The van der Waals surface area contributed by atoms with Crippen LogP contribution in [0.4, 0.5) is 13.2 Å². The average Bonchev–Trinajstić information content (AvgIpc) is 2.99. The zero-order chi connectivity index (χ0) is 66.5. The van der Waals surface area contributed by atoms with Gasteiger partial charge in [0, 0.05) is 97.1 Å². The van der Waals surface area contributed by atoms with Crippen LogP contribution in [0.3, 0.4) is 0 Å². The third-order valence-electron chi connectivity index (χ3n) is 14.6. The van der Waals surface area contributed by atoms with Gasteiger partial charge < -0.3 is 61.8 Å². The van der Waals surface area contributed by atoms with Crippen molar-refractivity contribution in [3.8, 4) is 11.5 Å². The van der Waals surface area contributed by atoms with E-state index in [2.05, 4.69) is 31.4 Å². The molecule has 2 aromatic carbocycles. The summed E-state index contributed by atoms with van der Waals surface area (Å²) in [6, 6.07) is 10.1. The van der Waals surface area contributed by atoms with Gasteiger partial charge in [0.15, 0.2) is 17.3 Å². The Labute approximate surface area is 529 Å². The van der Waals surface area contributed by atoms with Crippen molar-refractivity contribution in [2.75, 3.05) is 104 Å². The van der Waals surface area contributed by atoms with E-state index in [9.17, 15) is 51.5 Å². The summed E-state index contributed by atoms with van der Waals surface area (Å²) in [5, 5.41) is 6.21. The highest BCUT2D eigenvalue weighted by molar-refractivity contribution is 7.98. The minimum absolute atomic E-state index is 0.0136. The zero-order valence-corrected chi connectivity index (χ0v) is 55.0. The lowest BCUT2D eigenvalue weighted by Gasteiger charge is -2.29. The van der Waals surface area contributed by atoms with E-state index in [4.69, 9.17) is 26.7 Å². The molecule has 0 aliphatic carbocycles. The van der Waals surface area contributed by atoms with Gasteiger partial charge in [-0.25, -0.2) is 0 Å². The first-order chi connectivity index (χ1) is 42.0. The number of carbonyl (C=O) groups excluding carboxylic acids is 8. The molecule has 0 spiro atoms. The van der Waals surface area contributed by atoms with Crippen molar-refractivity contribution in [2.45, 2.75) is 114 Å². The number of thioether (sulfide) groups is 1. The van der Waals surface area contributed by atoms with E-state index in [1.54, 1.807) is 31.1 Å². The van der Waals surface area contributed by atoms with E-state index in [1.165, 1.54) is 38.6 Å². The smallest absolute Gasteiger partial charge is 0.416 e. The van der Waals surface area contributed by atoms with E-state index >= 15 is 0 Å². The van der Waals surface area contributed by atoms with Gasteiger partial charge in [0.1, 0.15) is 0 Å². The summed E-state index contributed by atoms with van der Waals surface area (Å²) in [4.78, 5) is 115. The van der Waals surface area contributed by atoms with Crippen LogP contribution in [-0.4, -0.2) is 176 Å². The van der Waals surface area contributed by atoms with Crippen molar-refractivity contribution in [3.05, 3.63) is 94.1 Å². The van der Waals surface area contributed by atoms with Gasteiger partial charge >= 0.3 is 6.18 Å². The molecular weight excluding hydrogens is 1170 g/mol. The van der Waals surface area contributed by atoms with Crippen molar-refractivity contribution in [3.63, 3.8) is 0 Å². The van der Waals surface area contributed by atoms with Crippen LogP contribution >= 0.6 is 11.8 Å². The number of nitrogens with zero attached hydrogens (tertiary/aromatic N) is 5. The number of alkyl halides is 3. The van der Waals surface area contributed by atoms with Crippen LogP contribution in [0.1, 0.15) is 112 Å². The highest BCUT2D eigenvalue weighted by Crippen LogP contribution is 2.33. The Morgan fingerprint density at radius 2 is 1.20 bits per heavy atom. The minimum Gasteiger partial charge on any atom is -0.454 e. The number of rotatable bonds is 40. The van der Waals surface area contributed by atoms with Crippen molar-refractivity contribution < 1.29 is 61.0 Å². The highest BCUT2D eigenvalue weighted by Gasteiger charge is 2.32. The Hall–Kier alpha value is -6.76. The molecule has 0 saturated heterocycles. The van der Waals surface area contributed by atoms with Crippen molar-refractivity contribution in [1.82, 2.24) is 35.1 Å². The molecule has 2 aromatic rings. The second-order valence-electron chi connectivity index (χ2n) is 23.9. The molecular formula is C65H99F3N10O10S. The summed E-state index contributed by atoms with van der Waals surface area (Å²) in [5.41, 5.74) is 20.2. The van der Waals surface area contributed by atoms with Gasteiger partial charge in [-0.1, -0.05) is 109 Å². The molecule has 0 aromatic heterocycles. The van der Waals surface area contributed by atoms with Gasteiger partial charge in [-0.2, -0.15) is 24.9 Å². The number of primary amides is 1. The maximum Gasteiger partial charge on any atom is 0.416 e. The first-order valence-electron chi connectivity index (χ1n) is 30.7. The monoisotopic (exact) mass is 1270 g/mol. The highest BCUT2D eigenvalue weighted by atomic mass is 32.2. The second-order valence-corrected chi connectivity index (χ2v) is 24.8. The van der Waals surface area contributed by atoms with Gasteiger partial charge in [-0.3, -0.25) is 38.4 Å². The van der Waals surface area contributed by atoms with Crippen LogP contribution in [0.2, 0.25) is 0 Å². The lowest BCUT2D eigenvalue weighted by molar-refractivity contribution is -0.142. The lowest BCUT2D eigenvalue weighted by Crippen LogP contribution is -2.47. The molecule has 496 valence electrons. The number of benzene rings is 2. The van der Waals surface area contributed by atoms with Crippen molar-refractivity contribution in [1.29, 1.82) is 0 Å². The Balaban J connectivity index is 1.72. The Morgan fingerprint density at radius 3 is 1.72 bits per heavy atom. The summed E-state index contributed by atoms with van der Waals surface area (Å²) < 4.78 is 51.6. The Bertz CT molecular complexity index is 2760. The standard InChI is InChI=1S/C65H99F3N10O10S/c1-12-50(31-72-32-52-17-20-56-57(29-52)88-42-87-56)28-49(10)64(86)77(34-44(4)5)36-45(6)26-47(8)62(84)76(33-43(2)3)35-46(7)27-48(9)63(85)78(37-51-15-18-54(19-16-51)65(66,67)68)39-58(80)73-23-13-14-59(81)75(25-22-70)40-60(82)74(24-21-69)38-55(79)30-53(41-89-11)61(71)83/h15-20,26-29,43-44,47-49,53,72H,12-14,21-25,30-42,69-70H2,1-11H3,(H2,71,83)(H,73,80)/b45-26+,46-27+,50-28+/t47-,48-,49+,53?/m1/s1. The molecule has 8 N–H and O–H groups in total. The fourth-order valence-corrected chi connectivity index (χ4v) is 11.0. The lowest BCUT2D eigenvalue weighted by atomic mass is 10.0. The molecule has 20 nitrogen and oxygen atoms in total. The van der Waals surface area contributed by atoms with Gasteiger partial charge in [0.25, 0.3) is 0 Å². The van der Waals surface area contributed by atoms with E-state index in [1.807, 2.05) is 69.9 Å². The average molecular weight is 1270 g/mol. The van der Waals surface area contributed by atoms with Crippen LogP contribution < -0.4 is 37.3 Å². The number of ether oxygens (including phenoxy) is 2. The predicted molar refractivity (Wildman–Crippen MR) is 342 cm³/mol.